The fourth-order valence-electron chi connectivity index (χ4n) is 3.15. The third-order valence-corrected chi connectivity index (χ3v) is 4.13. The quantitative estimate of drug-likeness (QED) is 0.823. The van der Waals surface area contributed by atoms with Gasteiger partial charge in [0, 0.05) is 7.05 Å². The van der Waals surface area contributed by atoms with Gasteiger partial charge in [-0.05, 0) is 38.1 Å². The van der Waals surface area contributed by atoms with Crippen LogP contribution in [0.1, 0.15) is 44.2 Å². The van der Waals surface area contributed by atoms with Gasteiger partial charge in [-0.3, -0.25) is 4.68 Å². The molecular formula is C12H20N4. The Hall–Kier alpha value is -0.900. The Kier molecular flexibility index (Phi) is 2.46. The van der Waals surface area contributed by atoms with Crippen molar-refractivity contribution in [2.75, 3.05) is 6.54 Å². The predicted octanol–water partition coefficient (Wildman–Crippen LogP) is 1.58. The lowest BCUT2D eigenvalue weighted by atomic mass is 9.85. The van der Waals surface area contributed by atoms with E-state index in [0.29, 0.717) is 0 Å². The van der Waals surface area contributed by atoms with E-state index in [4.69, 9.17) is 0 Å². The Morgan fingerprint density at radius 2 is 2.25 bits per heavy atom. The van der Waals surface area contributed by atoms with E-state index in [2.05, 4.69) is 15.6 Å². The van der Waals surface area contributed by atoms with E-state index >= 15 is 0 Å². The fourth-order valence-corrected chi connectivity index (χ4v) is 3.15. The number of nitrogens with zero attached hydrogens (tertiary/aromatic N) is 3. The van der Waals surface area contributed by atoms with Crippen LogP contribution in [0.2, 0.25) is 0 Å². The summed E-state index contributed by atoms with van der Waals surface area (Å²) in [6, 6.07) is 0. The molecule has 1 aliphatic carbocycles. The van der Waals surface area contributed by atoms with E-state index in [9.17, 15) is 0 Å². The fraction of sp³-hybridized carbons (Fsp3) is 0.833. The van der Waals surface area contributed by atoms with E-state index in [1.807, 2.05) is 17.9 Å². The molecule has 0 bridgehead atoms. The van der Waals surface area contributed by atoms with Gasteiger partial charge >= 0.3 is 0 Å². The van der Waals surface area contributed by atoms with Crippen LogP contribution < -0.4 is 5.32 Å². The standard InChI is InChI=1S/C12H20N4/c1-16-11(9-14-15-16)12(10-5-6-10)7-3-2-4-8-13-12/h9-10,13H,2-8H2,1H3. The van der Waals surface area contributed by atoms with Crippen molar-refractivity contribution in [3.8, 4) is 0 Å². The lowest BCUT2D eigenvalue weighted by molar-refractivity contribution is 0.261. The van der Waals surface area contributed by atoms with Gasteiger partial charge in [-0.15, -0.1) is 5.10 Å². The van der Waals surface area contributed by atoms with Crippen molar-refractivity contribution in [2.24, 2.45) is 13.0 Å². The summed E-state index contributed by atoms with van der Waals surface area (Å²) in [5.41, 5.74) is 1.46. The van der Waals surface area contributed by atoms with Crippen LogP contribution in [0.25, 0.3) is 0 Å². The van der Waals surface area contributed by atoms with Gasteiger partial charge in [-0.1, -0.05) is 18.1 Å². The van der Waals surface area contributed by atoms with Crippen LogP contribution in [0.5, 0.6) is 0 Å². The highest BCUT2D eigenvalue weighted by Crippen LogP contribution is 2.48. The summed E-state index contributed by atoms with van der Waals surface area (Å²) in [5, 5.41) is 12.0. The van der Waals surface area contributed by atoms with Crippen molar-refractivity contribution in [3.05, 3.63) is 11.9 Å². The first-order valence-corrected chi connectivity index (χ1v) is 6.43. The molecule has 0 amide bonds. The molecule has 0 spiro atoms. The highest BCUT2D eigenvalue weighted by atomic mass is 15.4. The molecule has 1 unspecified atom stereocenters. The number of hydrogen-bond acceptors (Lipinski definition) is 3. The predicted molar refractivity (Wildman–Crippen MR) is 61.9 cm³/mol. The largest absolute Gasteiger partial charge is 0.306 e. The molecule has 1 atom stereocenters. The number of rotatable bonds is 2. The molecule has 88 valence electrons. The summed E-state index contributed by atoms with van der Waals surface area (Å²) in [6.45, 7) is 1.14. The van der Waals surface area contributed by atoms with Crippen LogP contribution in [-0.2, 0) is 12.6 Å². The lowest BCUT2D eigenvalue weighted by Gasteiger charge is -2.33. The molecule has 1 saturated heterocycles. The summed E-state index contributed by atoms with van der Waals surface area (Å²) < 4.78 is 1.96. The van der Waals surface area contributed by atoms with E-state index < -0.39 is 0 Å². The molecule has 1 aliphatic heterocycles. The zero-order chi connectivity index (χ0) is 11.0. The van der Waals surface area contributed by atoms with Crippen molar-refractivity contribution in [1.29, 1.82) is 0 Å². The molecule has 0 radical (unpaired) electrons. The van der Waals surface area contributed by atoms with Crippen LogP contribution >= 0.6 is 0 Å². The third-order valence-electron chi connectivity index (χ3n) is 4.13. The average molecular weight is 220 g/mol. The molecule has 0 aromatic carbocycles. The van der Waals surface area contributed by atoms with Gasteiger partial charge in [-0.25, -0.2) is 0 Å². The van der Waals surface area contributed by atoms with E-state index in [0.717, 1.165) is 12.5 Å². The molecule has 4 nitrogen and oxygen atoms in total. The van der Waals surface area contributed by atoms with E-state index in [1.165, 1.54) is 44.2 Å². The Bertz CT molecular complexity index is 359. The summed E-state index contributed by atoms with van der Waals surface area (Å²) in [6.07, 6.45) is 9.91. The van der Waals surface area contributed by atoms with Gasteiger partial charge in [-0.2, -0.15) is 0 Å². The van der Waals surface area contributed by atoms with Crippen molar-refractivity contribution in [1.82, 2.24) is 20.3 Å². The first-order chi connectivity index (χ1) is 7.83. The van der Waals surface area contributed by atoms with Gasteiger partial charge in [0.15, 0.2) is 0 Å². The molecule has 2 fully saturated rings. The maximum atomic E-state index is 4.10. The van der Waals surface area contributed by atoms with Crippen LogP contribution in [-0.4, -0.2) is 21.5 Å². The Balaban J connectivity index is 1.98. The smallest absolute Gasteiger partial charge is 0.0787 e. The van der Waals surface area contributed by atoms with E-state index in [1.54, 1.807) is 0 Å². The monoisotopic (exact) mass is 220 g/mol. The van der Waals surface area contributed by atoms with Gasteiger partial charge in [0.1, 0.15) is 0 Å². The number of nitrogens with one attached hydrogen (secondary N) is 1. The highest BCUT2D eigenvalue weighted by Gasteiger charge is 2.48. The third kappa shape index (κ3) is 1.56. The molecule has 16 heavy (non-hydrogen) atoms. The van der Waals surface area contributed by atoms with Gasteiger partial charge in [0.25, 0.3) is 0 Å². The Morgan fingerprint density at radius 3 is 2.94 bits per heavy atom. The number of aryl methyl sites for hydroxylation is 1. The lowest BCUT2D eigenvalue weighted by Crippen LogP contribution is -2.45. The van der Waals surface area contributed by atoms with Crippen molar-refractivity contribution in [2.45, 2.75) is 44.1 Å². The van der Waals surface area contributed by atoms with Crippen LogP contribution in [0.4, 0.5) is 0 Å². The second kappa shape index (κ2) is 3.84. The second-order valence-corrected chi connectivity index (χ2v) is 5.23. The molecule has 1 N–H and O–H groups in total. The molecule has 4 heteroatoms. The maximum absolute atomic E-state index is 4.10. The van der Waals surface area contributed by atoms with Crippen LogP contribution in [0, 0.1) is 5.92 Å². The number of hydrogen-bond donors (Lipinski definition) is 1. The molecule has 1 aromatic rings. The Labute approximate surface area is 96.4 Å². The molecular weight excluding hydrogens is 200 g/mol. The topological polar surface area (TPSA) is 42.7 Å². The zero-order valence-electron chi connectivity index (χ0n) is 9.95. The first kappa shape index (κ1) is 10.3. The molecule has 3 rings (SSSR count). The average Bonchev–Trinajstić information content (AvgIpc) is 3.07. The van der Waals surface area contributed by atoms with E-state index in [-0.39, 0.29) is 5.54 Å². The van der Waals surface area contributed by atoms with Crippen molar-refractivity contribution >= 4 is 0 Å². The zero-order valence-corrected chi connectivity index (χ0v) is 9.95. The summed E-state index contributed by atoms with van der Waals surface area (Å²) in [5.74, 6) is 0.808. The maximum Gasteiger partial charge on any atom is 0.0787 e. The molecule has 1 saturated carbocycles. The van der Waals surface area contributed by atoms with Crippen molar-refractivity contribution < 1.29 is 0 Å². The normalized spacial score (nSPS) is 31.3. The summed E-state index contributed by atoms with van der Waals surface area (Å²) >= 11 is 0. The van der Waals surface area contributed by atoms with Crippen LogP contribution in [0.15, 0.2) is 6.20 Å². The van der Waals surface area contributed by atoms with Gasteiger partial charge in [0.2, 0.25) is 0 Å². The summed E-state index contributed by atoms with van der Waals surface area (Å²) in [7, 11) is 2.01. The SMILES string of the molecule is Cn1nncc1C1(C2CC2)CCCCCN1. The minimum atomic E-state index is 0.175. The number of aromatic nitrogens is 3. The van der Waals surface area contributed by atoms with Gasteiger partial charge < -0.3 is 5.32 Å². The molecule has 2 heterocycles. The van der Waals surface area contributed by atoms with Crippen LogP contribution in [0.3, 0.4) is 0 Å². The molecule has 1 aromatic heterocycles. The Morgan fingerprint density at radius 1 is 1.38 bits per heavy atom. The second-order valence-electron chi connectivity index (χ2n) is 5.23. The molecule has 2 aliphatic rings. The minimum absolute atomic E-state index is 0.175. The van der Waals surface area contributed by atoms with Crippen molar-refractivity contribution in [3.63, 3.8) is 0 Å². The highest BCUT2D eigenvalue weighted by molar-refractivity contribution is 5.18. The van der Waals surface area contributed by atoms with Gasteiger partial charge in [0.05, 0.1) is 17.4 Å². The summed E-state index contributed by atoms with van der Waals surface area (Å²) in [4.78, 5) is 0. The minimum Gasteiger partial charge on any atom is -0.306 e. The first-order valence-electron chi connectivity index (χ1n) is 6.43.